The number of benzene rings is 3. The molecule has 1 aromatic heterocycles. The van der Waals surface area contributed by atoms with Gasteiger partial charge >= 0.3 is 0 Å². The Bertz CT molecular complexity index is 1120. The molecular weight excluding hydrogens is 389 g/mol. The highest BCUT2D eigenvalue weighted by Gasteiger charge is 2.03. The smallest absolute Gasteiger partial charge is 0.119 e. The lowest BCUT2D eigenvalue weighted by molar-refractivity contribution is 0.306. The molecule has 4 rings (SSSR count). The van der Waals surface area contributed by atoms with E-state index in [1.807, 2.05) is 91.0 Å². The first kappa shape index (κ1) is 18.5. The van der Waals surface area contributed by atoms with Gasteiger partial charge in [-0.2, -0.15) is 0 Å². The maximum atomic E-state index is 6.37. The van der Waals surface area contributed by atoms with Crippen LogP contribution in [0.2, 0.25) is 10.0 Å². The first-order valence-corrected chi connectivity index (χ1v) is 9.64. The predicted octanol–water partition coefficient (Wildman–Crippen LogP) is 7.29. The molecule has 138 valence electrons. The van der Waals surface area contributed by atoms with Crippen molar-refractivity contribution < 1.29 is 4.74 Å². The Hall–Kier alpha value is -2.81. The Morgan fingerprint density at radius 2 is 1.61 bits per heavy atom. The van der Waals surface area contributed by atoms with Crippen LogP contribution < -0.4 is 4.74 Å². The van der Waals surface area contributed by atoms with Gasteiger partial charge in [0.25, 0.3) is 0 Å². The van der Waals surface area contributed by atoms with Gasteiger partial charge in [0.1, 0.15) is 12.4 Å². The zero-order valence-electron chi connectivity index (χ0n) is 15.0. The number of hydrogen-bond acceptors (Lipinski definition) is 2. The number of nitrogens with zero attached hydrogens (tertiary/aromatic N) is 1. The number of rotatable bonds is 5. The van der Waals surface area contributed by atoms with Gasteiger partial charge in [0.2, 0.25) is 0 Å². The summed E-state index contributed by atoms with van der Waals surface area (Å²) in [6.07, 6.45) is 3.95. The number of aromatic nitrogens is 1. The van der Waals surface area contributed by atoms with Crippen LogP contribution in [0.15, 0.2) is 78.9 Å². The molecule has 0 saturated heterocycles. The van der Waals surface area contributed by atoms with Crippen LogP contribution in [0.4, 0.5) is 0 Å². The molecule has 0 aliphatic carbocycles. The Morgan fingerprint density at radius 1 is 0.821 bits per heavy atom. The van der Waals surface area contributed by atoms with Crippen molar-refractivity contribution in [3.8, 4) is 5.75 Å². The third kappa shape index (κ3) is 4.53. The molecule has 3 aromatic carbocycles. The second-order valence-corrected chi connectivity index (χ2v) is 7.21. The molecule has 0 N–H and O–H groups in total. The lowest BCUT2D eigenvalue weighted by atomic mass is 10.1. The summed E-state index contributed by atoms with van der Waals surface area (Å²) in [6.45, 7) is 0.555. The van der Waals surface area contributed by atoms with Crippen LogP contribution in [0.25, 0.3) is 23.1 Å². The van der Waals surface area contributed by atoms with Crippen molar-refractivity contribution in [1.82, 2.24) is 4.98 Å². The maximum Gasteiger partial charge on any atom is 0.119 e. The highest BCUT2D eigenvalue weighted by Crippen LogP contribution is 2.26. The fourth-order valence-electron chi connectivity index (χ4n) is 2.86. The Kier molecular flexibility index (Phi) is 5.61. The number of ether oxygens (including phenoxy) is 1. The van der Waals surface area contributed by atoms with Crippen LogP contribution >= 0.6 is 23.2 Å². The van der Waals surface area contributed by atoms with Gasteiger partial charge in [-0.15, -0.1) is 0 Å². The van der Waals surface area contributed by atoms with Crippen molar-refractivity contribution >= 4 is 46.3 Å². The van der Waals surface area contributed by atoms with E-state index < -0.39 is 0 Å². The van der Waals surface area contributed by atoms with Crippen molar-refractivity contribution in [1.29, 1.82) is 0 Å². The number of halogens is 2. The SMILES string of the molecule is Clc1ccc2nc(/C=C/c3ccc(OCc4ccccc4)cc3)cc(Cl)c2c1. The first-order valence-electron chi connectivity index (χ1n) is 8.88. The van der Waals surface area contributed by atoms with Crippen LogP contribution in [-0.4, -0.2) is 4.98 Å². The molecule has 0 spiro atoms. The van der Waals surface area contributed by atoms with E-state index in [4.69, 9.17) is 27.9 Å². The van der Waals surface area contributed by atoms with Gasteiger partial charge in [-0.25, -0.2) is 4.98 Å². The quantitative estimate of drug-likeness (QED) is 0.347. The molecule has 2 nitrogen and oxygen atoms in total. The van der Waals surface area contributed by atoms with E-state index >= 15 is 0 Å². The minimum Gasteiger partial charge on any atom is -0.489 e. The van der Waals surface area contributed by atoms with Gasteiger partial charge in [-0.05, 0) is 53.6 Å². The van der Waals surface area contributed by atoms with E-state index in [0.29, 0.717) is 16.7 Å². The lowest BCUT2D eigenvalue weighted by Crippen LogP contribution is -1.94. The van der Waals surface area contributed by atoms with Crippen molar-refractivity contribution in [2.45, 2.75) is 6.61 Å². The van der Waals surface area contributed by atoms with Crippen molar-refractivity contribution in [3.05, 3.63) is 106 Å². The molecule has 0 unspecified atom stereocenters. The number of hydrogen-bond donors (Lipinski definition) is 0. The Balaban J connectivity index is 1.46. The van der Waals surface area contributed by atoms with E-state index in [1.165, 1.54) is 0 Å². The van der Waals surface area contributed by atoms with E-state index in [-0.39, 0.29) is 0 Å². The molecule has 0 atom stereocenters. The molecule has 0 fully saturated rings. The molecular formula is C24H17Cl2NO. The second kappa shape index (κ2) is 8.47. The zero-order valence-corrected chi connectivity index (χ0v) is 16.5. The Morgan fingerprint density at radius 3 is 2.39 bits per heavy atom. The van der Waals surface area contributed by atoms with Crippen LogP contribution in [0, 0.1) is 0 Å². The van der Waals surface area contributed by atoms with Crippen LogP contribution in [0.3, 0.4) is 0 Å². The fraction of sp³-hybridized carbons (Fsp3) is 0.0417. The largest absolute Gasteiger partial charge is 0.489 e. The molecule has 4 aromatic rings. The Labute approximate surface area is 174 Å². The summed E-state index contributed by atoms with van der Waals surface area (Å²) >= 11 is 12.4. The van der Waals surface area contributed by atoms with Crippen molar-refractivity contribution in [2.75, 3.05) is 0 Å². The summed E-state index contributed by atoms with van der Waals surface area (Å²) < 4.78 is 5.82. The number of fused-ring (bicyclic) bond motifs is 1. The third-order valence-electron chi connectivity index (χ3n) is 4.32. The second-order valence-electron chi connectivity index (χ2n) is 6.37. The van der Waals surface area contributed by atoms with Crippen molar-refractivity contribution in [3.63, 3.8) is 0 Å². The molecule has 0 aliphatic rings. The molecule has 0 bridgehead atoms. The summed E-state index contributed by atoms with van der Waals surface area (Å²) in [5.41, 5.74) is 3.82. The zero-order chi connectivity index (χ0) is 19.3. The van der Waals surface area contributed by atoms with E-state index in [2.05, 4.69) is 4.98 Å². The van der Waals surface area contributed by atoms with Crippen LogP contribution in [0.5, 0.6) is 5.75 Å². The topological polar surface area (TPSA) is 22.1 Å². The van der Waals surface area contributed by atoms with Gasteiger partial charge in [0.05, 0.1) is 16.2 Å². The van der Waals surface area contributed by atoms with Gasteiger partial charge in [-0.3, -0.25) is 0 Å². The molecule has 0 radical (unpaired) electrons. The molecule has 0 amide bonds. The molecule has 28 heavy (non-hydrogen) atoms. The van der Waals surface area contributed by atoms with Gasteiger partial charge in [-0.1, -0.05) is 71.7 Å². The van der Waals surface area contributed by atoms with E-state index in [9.17, 15) is 0 Å². The fourth-order valence-corrected chi connectivity index (χ4v) is 3.29. The minimum absolute atomic E-state index is 0.555. The van der Waals surface area contributed by atoms with Crippen LogP contribution in [0.1, 0.15) is 16.8 Å². The summed E-state index contributed by atoms with van der Waals surface area (Å²) in [4.78, 5) is 4.62. The number of pyridine rings is 1. The minimum atomic E-state index is 0.555. The van der Waals surface area contributed by atoms with E-state index in [0.717, 1.165) is 33.5 Å². The summed E-state index contributed by atoms with van der Waals surface area (Å²) in [7, 11) is 0. The van der Waals surface area contributed by atoms with E-state index in [1.54, 1.807) is 0 Å². The average Bonchev–Trinajstić information content (AvgIpc) is 2.73. The monoisotopic (exact) mass is 405 g/mol. The predicted molar refractivity (Wildman–Crippen MR) is 118 cm³/mol. The highest BCUT2D eigenvalue weighted by molar-refractivity contribution is 6.36. The lowest BCUT2D eigenvalue weighted by Gasteiger charge is -2.06. The summed E-state index contributed by atoms with van der Waals surface area (Å²) in [6, 6.07) is 25.4. The standard InChI is InChI=1S/C24H17Cl2NO/c25-19-9-13-24-22(14-19)23(26)15-20(27-24)10-6-17-7-11-21(12-8-17)28-16-18-4-2-1-3-5-18/h1-15H,16H2/b10-6+. The van der Waals surface area contributed by atoms with Gasteiger partial charge in [0, 0.05) is 10.4 Å². The van der Waals surface area contributed by atoms with Crippen LogP contribution in [-0.2, 0) is 6.61 Å². The summed E-state index contributed by atoms with van der Waals surface area (Å²) in [5, 5.41) is 2.14. The normalized spacial score (nSPS) is 11.2. The van der Waals surface area contributed by atoms with Gasteiger partial charge < -0.3 is 4.74 Å². The van der Waals surface area contributed by atoms with Gasteiger partial charge in [0.15, 0.2) is 0 Å². The highest BCUT2D eigenvalue weighted by atomic mass is 35.5. The third-order valence-corrected chi connectivity index (χ3v) is 4.86. The maximum absolute atomic E-state index is 6.37. The average molecular weight is 406 g/mol. The molecule has 0 saturated carbocycles. The first-order chi connectivity index (χ1) is 13.7. The van der Waals surface area contributed by atoms with Crippen molar-refractivity contribution in [2.24, 2.45) is 0 Å². The molecule has 1 heterocycles. The molecule has 4 heteroatoms. The molecule has 0 aliphatic heterocycles. The summed E-state index contributed by atoms with van der Waals surface area (Å²) in [5.74, 6) is 0.838.